The standard InChI is InChI=1S/C11H13NO/c13-11-3-1-10(2-4-11)12-6-8-5-9(8)7-12/h1-4,8-9,13H,5-7H2. The third-order valence-electron chi connectivity index (χ3n) is 3.19. The van der Waals surface area contributed by atoms with Gasteiger partial charge >= 0.3 is 0 Å². The fourth-order valence-electron chi connectivity index (χ4n) is 2.27. The lowest BCUT2D eigenvalue weighted by molar-refractivity contribution is 0.475. The number of nitrogens with zero attached hydrogens (tertiary/aromatic N) is 1. The minimum Gasteiger partial charge on any atom is -0.508 e. The molecule has 2 heteroatoms. The Morgan fingerprint density at radius 1 is 1.08 bits per heavy atom. The number of hydrogen-bond acceptors (Lipinski definition) is 2. The molecular formula is C11H13NO. The Morgan fingerprint density at radius 2 is 1.69 bits per heavy atom. The van der Waals surface area contributed by atoms with Crippen molar-refractivity contribution in [2.75, 3.05) is 18.0 Å². The van der Waals surface area contributed by atoms with E-state index in [-0.39, 0.29) is 0 Å². The van der Waals surface area contributed by atoms with Crippen LogP contribution in [0.5, 0.6) is 5.75 Å². The molecule has 2 unspecified atom stereocenters. The second kappa shape index (κ2) is 2.41. The summed E-state index contributed by atoms with van der Waals surface area (Å²) >= 11 is 0. The molecule has 0 spiro atoms. The van der Waals surface area contributed by atoms with Crippen LogP contribution in [0.2, 0.25) is 0 Å². The quantitative estimate of drug-likeness (QED) is 0.704. The van der Waals surface area contributed by atoms with E-state index in [4.69, 9.17) is 5.11 Å². The first-order valence-electron chi connectivity index (χ1n) is 4.87. The molecule has 3 rings (SSSR count). The fraction of sp³-hybridized carbons (Fsp3) is 0.455. The summed E-state index contributed by atoms with van der Waals surface area (Å²) < 4.78 is 0. The summed E-state index contributed by atoms with van der Waals surface area (Å²) in [4.78, 5) is 2.41. The third-order valence-corrected chi connectivity index (χ3v) is 3.19. The smallest absolute Gasteiger partial charge is 0.115 e. The molecule has 2 atom stereocenters. The SMILES string of the molecule is Oc1ccc(N2CC3CC3C2)cc1. The monoisotopic (exact) mass is 175 g/mol. The van der Waals surface area contributed by atoms with Gasteiger partial charge in [-0.05, 0) is 42.5 Å². The maximum absolute atomic E-state index is 9.14. The van der Waals surface area contributed by atoms with Gasteiger partial charge in [0.15, 0.2) is 0 Å². The molecule has 2 aliphatic rings. The molecule has 1 heterocycles. The predicted octanol–water partition coefficient (Wildman–Crippen LogP) is 1.85. The molecule has 0 radical (unpaired) electrons. The van der Waals surface area contributed by atoms with Crippen LogP contribution in [0.1, 0.15) is 6.42 Å². The zero-order chi connectivity index (χ0) is 8.84. The Balaban J connectivity index is 1.81. The van der Waals surface area contributed by atoms with Crippen LogP contribution < -0.4 is 4.90 Å². The minimum absolute atomic E-state index is 0.355. The molecule has 1 N–H and O–H groups in total. The van der Waals surface area contributed by atoms with Crippen molar-refractivity contribution in [3.63, 3.8) is 0 Å². The van der Waals surface area contributed by atoms with E-state index in [1.54, 1.807) is 12.1 Å². The first-order chi connectivity index (χ1) is 6.33. The molecule has 1 aliphatic carbocycles. The number of anilines is 1. The van der Waals surface area contributed by atoms with Crippen molar-refractivity contribution in [3.8, 4) is 5.75 Å². The summed E-state index contributed by atoms with van der Waals surface area (Å²) in [6.07, 6.45) is 1.44. The van der Waals surface area contributed by atoms with E-state index >= 15 is 0 Å². The molecular weight excluding hydrogens is 162 g/mol. The van der Waals surface area contributed by atoms with E-state index in [0.717, 1.165) is 11.8 Å². The normalized spacial score (nSPS) is 30.3. The number of aromatic hydroxyl groups is 1. The molecule has 0 aromatic heterocycles. The molecule has 2 nitrogen and oxygen atoms in total. The molecule has 2 fully saturated rings. The van der Waals surface area contributed by atoms with E-state index in [1.165, 1.54) is 25.2 Å². The maximum Gasteiger partial charge on any atom is 0.115 e. The van der Waals surface area contributed by atoms with Crippen LogP contribution in [0.3, 0.4) is 0 Å². The maximum atomic E-state index is 9.14. The molecule has 13 heavy (non-hydrogen) atoms. The van der Waals surface area contributed by atoms with Gasteiger partial charge in [0.1, 0.15) is 5.75 Å². The Labute approximate surface area is 77.8 Å². The van der Waals surface area contributed by atoms with Gasteiger partial charge in [-0.25, -0.2) is 0 Å². The summed E-state index contributed by atoms with van der Waals surface area (Å²) in [6, 6.07) is 7.53. The van der Waals surface area contributed by atoms with Gasteiger partial charge < -0.3 is 10.0 Å². The second-order valence-corrected chi connectivity index (χ2v) is 4.18. The van der Waals surface area contributed by atoms with Crippen LogP contribution in [-0.2, 0) is 0 Å². The number of rotatable bonds is 1. The average molecular weight is 175 g/mol. The van der Waals surface area contributed by atoms with Crippen LogP contribution in [-0.4, -0.2) is 18.2 Å². The van der Waals surface area contributed by atoms with Crippen molar-refractivity contribution in [2.24, 2.45) is 11.8 Å². The minimum atomic E-state index is 0.355. The molecule has 1 saturated heterocycles. The van der Waals surface area contributed by atoms with Crippen molar-refractivity contribution >= 4 is 5.69 Å². The van der Waals surface area contributed by atoms with E-state index in [9.17, 15) is 0 Å². The van der Waals surface area contributed by atoms with Crippen molar-refractivity contribution < 1.29 is 5.11 Å². The molecule has 1 aromatic rings. The van der Waals surface area contributed by atoms with Gasteiger partial charge in [0.05, 0.1) is 0 Å². The van der Waals surface area contributed by atoms with Crippen molar-refractivity contribution in [2.45, 2.75) is 6.42 Å². The molecule has 0 amide bonds. The van der Waals surface area contributed by atoms with Gasteiger partial charge in [-0.15, -0.1) is 0 Å². The fourth-order valence-corrected chi connectivity index (χ4v) is 2.27. The highest BCUT2D eigenvalue weighted by Gasteiger charge is 2.44. The Morgan fingerprint density at radius 3 is 2.31 bits per heavy atom. The van der Waals surface area contributed by atoms with Gasteiger partial charge in [-0.1, -0.05) is 0 Å². The highest BCUT2D eigenvalue weighted by Crippen LogP contribution is 2.46. The topological polar surface area (TPSA) is 23.5 Å². The lowest BCUT2D eigenvalue weighted by atomic mass is 10.2. The zero-order valence-corrected chi connectivity index (χ0v) is 7.48. The highest BCUT2D eigenvalue weighted by molar-refractivity contribution is 5.50. The van der Waals surface area contributed by atoms with Gasteiger partial charge in [-0.2, -0.15) is 0 Å². The Hall–Kier alpha value is -1.18. The van der Waals surface area contributed by atoms with Crippen LogP contribution in [0.4, 0.5) is 5.69 Å². The van der Waals surface area contributed by atoms with Crippen LogP contribution in [0.25, 0.3) is 0 Å². The van der Waals surface area contributed by atoms with Crippen molar-refractivity contribution in [1.82, 2.24) is 0 Å². The molecule has 1 aromatic carbocycles. The number of piperidine rings is 1. The van der Waals surface area contributed by atoms with E-state index in [0.29, 0.717) is 5.75 Å². The summed E-state index contributed by atoms with van der Waals surface area (Å²) in [7, 11) is 0. The van der Waals surface area contributed by atoms with Gasteiger partial charge in [-0.3, -0.25) is 0 Å². The second-order valence-electron chi connectivity index (χ2n) is 4.18. The number of hydrogen-bond donors (Lipinski definition) is 1. The first-order valence-corrected chi connectivity index (χ1v) is 4.87. The number of fused-ring (bicyclic) bond motifs is 1. The summed E-state index contributed by atoms with van der Waals surface area (Å²) in [6.45, 7) is 2.44. The molecule has 1 saturated carbocycles. The largest absolute Gasteiger partial charge is 0.508 e. The van der Waals surface area contributed by atoms with Crippen LogP contribution in [0, 0.1) is 11.8 Å². The number of benzene rings is 1. The highest BCUT2D eigenvalue weighted by atomic mass is 16.3. The van der Waals surface area contributed by atoms with Crippen LogP contribution in [0.15, 0.2) is 24.3 Å². The summed E-state index contributed by atoms with van der Waals surface area (Å²) in [5, 5.41) is 9.14. The van der Waals surface area contributed by atoms with E-state index in [2.05, 4.69) is 4.90 Å². The predicted molar refractivity (Wildman–Crippen MR) is 51.9 cm³/mol. The Bertz CT molecular complexity index is 309. The average Bonchev–Trinajstić information content (AvgIpc) is 2.75. The molecule has 0 bridgehead atoms. The van der Waals surface area contributed by atoms with Gasteiger partial charge in [0.2, 0.25) is 0 Å². The molecule has 1 aliphatic heterocycles. The third kappa shape index (κ3) is 1.17. The lowest BCUT2D eigenvalue weighted by Crippen LogP contribution is -2.21. The Kier molecular flexibility index (Phi) is 1.34. The summed E-state index contributed by atoms with van der Waals surface area (Å²) in [5.74, 6) is 2.29. The summed E-state index contributed by atoms with van der Waals surface area (Å²) in [5.41, 5.74) is 1.25. The lowest BCUT2D eigenvalue weighted by Gasteiger charge is -2.19. The van der Waals surface area contributed by atoms with Gasteiger partial charge in [0, 0.05) is 18.8 Å². The van der Waals surface area contributed by atoms with Crippen molar-refractivity contribution in [3.05, 3.63) is 24.3 Å². The molecule has 68 valence electrons. The van der Waals surface area contributed by atoms with E-state index < -0.39 is 0 Å². The van der Waals surface area contributed by atoms with Gasteiger partial charge in [0.25, 0.3) is 0 Å². The zero-order valence-electron chi connectivity index (χ0n) is 7.48. The van der Waals surface area contributed by atoms with Crippen LogP contribution >= 0.6 is 0 Å². The first kappa shape index (κ1) is 7.25. The number of phenols is 1. The number of phenolic OH excluding ortho intramolecular Hbond substituents is 1. The van der Waals surface area contributed by atoms with Crippen molar-refractivity contribution in [1.29, 1.82) is 0 Å². The van der Waals surface area contributed by atoms with E-state index in [1.807, 2.05) is 12.1 Å².